The number of fused-ring (bicyclic) bond motifs is 2. The number of hydrogen-bond acceptors (Lipinski definition) is 2. The molecule has 0 amide bonds. The van der Waals surface area contributed by atoms with Crippen molar-refractivity contribution in [1.82, 2.24) is 0 Å². The summed E-state index contributed by atoms with van der Waals surface area (Å²) in [6.45, 7) is 0. The molecule has 2 nitrogen and oxygen atoms in total. The third-order valence-corrected chi connectivity index (χ3v) is 4.86. The summed E-state index contributed by atoms with van der Waals surface area (Å²) in [5.74, 6) is 0.819. The van der Waals surface area contributed by atoms with Crippen LogP contribution in [0.1, 0.15) is 29.2 Å². The first kappa shape index (κ1) is 12.4. The Balaban J connectivity index is 1.73. The predicted molar refractivity (Wildman–Crippen MR) is 80.9 cm³/mol. The van der Waals surface area contributed by atoms with Gasteiger partial charge in [-0.15, -0.1) is 0 Å². The second-order valence-corrected chi connectivity index (χ2v) is 6.73. The maximum absolute atomic E-state index is 10.5. The molecule has 1 atom stereocenters. The fourth-order valence-corrected chi connectivity index (χ4v) is 3.86. The SMILES string of the molecule is O[C@H]1CC2(Cc3ccccc3C2)Oc2ccc(Br)cc21. The van der Waals surface area contributed by atoms with Crippen LogP contribution in [0.5, 0.6) is 5.75 Å². The van der Waals surface area contributed by atoms with Crippen LogP contribution >= 0.6 is 15.9 Å². The van der Waals surface area contributed by atoms with Gasteiger partial charge in [0.05, 0.1) is 6.10 Å². The maximum atomic E-state index is 10.5. The minimum absolute atomic E-state index is 0.274. The van der Waals surface area contributed by atoms with E-state index in [1.165, 1.54) is 11.1 Å². The smallest absolute Gasteiger partial charge is 0.126 e. The van der Waals surface area contributed by atoms with E-state index < -0.39 is 6.10 Å². The van der Waals surface area contributed by atoms with E-state index in [-0.39, 0.29) is 5.60 Å². The van der Waals surface area contributed by atoms with Crippen LogP contribution in [-0.2, 0) is 12.8 Å². The molecule has 1 heterocycles. The predicted octanol–water partition coefficient (Wildman–Crippen LogP) is 3.80. The fraction of sp³-hybridized carbons (Fsp3) is 0.294. The van der Waals surface area contributed by atoms with Crippen molar-refractivity contribution < 1.29 is 9.84 Å². The molecule has 2 aromatic carbocycles. The number of aliphatic hydroxyl groups is 1. The Kier molecular flexibility index (Phi) is 2.69. The van der Waals surface area contributed by atoms with E-state index in [0.29, 0.717) is 6.42 Å². The van der Waals surface area contributed by atoms with Gasteiger partial charge in [0.2, 0.25) is 0 Å². The Morgan fingerprint density at radius 2 is 1.80 bits per heavy atom. The molecule has 1 aliphatic heterocycles. The van der Waals surface area contributed by atoms with Gasteiger partial charge in [0, 0.05) is 29.3 Å². The lowest BCUT2D eigenvalue weighted by Gasteiger charge is -2.38. The van der Waals surface area contributed by atoms with Gasteiger partial charge in [0.25, 0.3) is 0 Å². The summed E-state index contributed by atoms with van der Waals surface area (Å²) in [6, 6.07) is 14.3. The summed E-state index contributed by atoms with van der Waals surface area (Å²) in [5.41, 5.74) is 3.31. The Morgan fingerprint density at radius 3 is 2.50 bits per heavy atom. The van der Waals surface area contributed by atoms with Gasteiger partial charge < -0.3 is 9.84 Å². The summed E-state index contributed by atoms with van der Waals surface area (Å²) in [6.07, 6.45) is 1.97. The molecule has 2 aromatic rings. The number of aliphatic hydroxyl groups excluding tert-OH is 1. The van der Waals surface area contributed by atoms with Crippen LogP contribution in [0, 0.1) is 0 Å². The molecule has 0 unspecified atom stereocenters. The molecule has 1 aliphatic carbocycles. The second kappa shape index (κ2) is 4.34. The molecule has 3 heteroatoms. The first-order valence-electron chi connectivity index (χ1n) is 6.89. The van der Waals surface area contributed by atoms with Crippen LogP contribution in [0.3, 0.4) is 0 Å². The van der Waals surface area contributed by atoms with Gasteiger partial charge in [0.15, 0.2) is 0 Å². The number of rotatable bonds is 0. The number of ether oxygens (including phenoxy) is 1. The van der Waals surface area contributed by atoms with Crippen molar-refractivity contribution in [2.45, 2.75) is 31.0 Å². The van der Waals surface area contributed by atoms with Crippen LogP contribution in [-0.4, -0.2) is 10.7 Å². The molecule has 0 saturated carbocycles. The fourth-order valence-electron chi connectivity index (χ4n) is 3.49. The summed E-state index contributed by atoms with van der Waals surface area (Å²) < 4.78 is 7.28. The van der Waals surface area contributed by atoms with Crippen molar-refractivity contribution >= 4 is 15.9 Å². The highest BCUT2D eigenvalue weighted by molar-refractivity contribution is 9.10. The minimum Gasteiger partial charge on any atom is -0.486 e. The summed E-state index contributed by atoms with van der Waals surface area (Å²) in [5, 5.41) is 10.5. The summed E-state index contributed by atoms with van der Waals surface area (Å²) in [7, 11) is 0. The zero-order valence-electron chi connectivity index (χ0n) is 11.0. The van der Waals surface area contributed by atoms with Crippen LogP contribution < -0.4 is 4.74 Å². The van der Waals surface area contributed by atoms with Gasteiger partial charge in [-0.1, -0.05) is 40.2 Å². The van der Waals surface area contributed by atoms with Gasteiger partial charge in [0.1, 0.15) is 11.4 Å². The molecule has 2 aliphatic rings. The molecule has 4 rings (SSSR count). The van der Waals surface area contributed by atoms with Crippen molar-refractivity contribution in [2.24, 2.45) is 0 Å². The average molecular weight is 331 g/mol. The molecule has 1 spiro atoms. The standard InChI is InChI=1S/C17H15BrO2/c18-13-5-6-16-14(7-13)15(19)10-17(20-16)8-11-3-1-2-4-12(11)9-17/h1-7,15,19H,8-10H2/t15-/m0/s1. The first-order chi connectivity index (χ1) is 9.65. The highest BCUT2D eigenvalue weighted by Crippen LogP contribution is 2.46. The van der Waals surface area contributed by atoms with Crippen molar-refractivity contribution in [2.75, 3.05) is 0 Å². The molecule has 0 saturated heterocycles. The molecule has 20 heavy (non-hydrogen) atoms. The zero-order valence-corrected chi connectivity index (χ0v) is 12.6. The summed E-state index contributed by atoms with van der Waals surface area (Å²) in [4.78, 5) is 0. The van der Waals surface area contributed by atoms with Crippen LogP contribution in [0.2, 0.25) is 0 Å². The van der Waals surface area contributed by atoms with Crippen LogP contribution in [0.15, 0.2) is 46.9 Å². The van der Waals surface area contributed by atoms with Gasteiger partial charge in [-0.2, -0.15) is 0 Å². The topological polar surface area (TPSA) is 29.5 Å². The lowest BCUT2D eigenvalue weighted by molar-refractivity contribution is -0.00708. The largest absolute Gasteiger partial charge is 0.486 e. The zero-order chi connectivity index (χ0) is 13.7. The highest BCUT2D eigenvalue weighted by Gasteiger charge is 2.44. The van der Waals surface area contributed by atoms with E-state index in [0.717, 1.165) is 28.6 Å². The Labute approximate surface area is 126 Å². The van der Waals surface area contributed by atoms with Crippen LogP contribution in [0.4, 0.5) is 0 Å². The minimum atomic E-state index is -0.453. The van der Waals surface area contributed by atoms with Crippen molar-refractivity contribution in [3.05, 3.63) is 63.6 Å². The number of hydrogen-bond donors (Lipinski definition) is 1. The monoisotopic (exact) mass is 330 g/mol. The molecule has 0 radical (unpaired) electrons. The molecule has 0 bridgehead atoms. The lowest BCUT2D eigenvalue weighted by atomic mass is 9.86. The van der Waals surface area contributed by atoms with E-state index in [4.69, 9.17) is 4.74 Å². The lowest BCUT2D eigenvalue weighted by Crippen LogP contribution is -2.42. The van der Waals surface area contributed by atoms with E-state index in [9.17, 15) is 5.11 Å². The Hall–Kier alpha value is -1.32. The van der Waals surface area contributed by atoms with Crippen molar-refractivity contribution in [1.29, 1.82) is 0 Å². The quantitative estimate of drug-likeness (QED) is 0.796. The van der Waals surface area contributed by atoms with E-state index in [1.807, 2.05) is 18.2 Å². The van der Waals surface area contributed by atoms with Gasteiger partial charge in [-0.05, 0) is 29.3 Å². The van der Waals surface area contributed by atoms with Gasteiger partial charge >= 0.3 is 0 Å². The maximum Gasteiger partial charge on any atom is 0.126 e. The molecular weight excluding hydrogens is 316 g/mol. The second-order valence-electron chi connectivity index (χ2n) is 5.81. The van der Waals surface area contributed by atoms with Crippen LogP contribution in [0.25, 0.3) is 0 Å². The molecular formula is C17H15BrO2. The Bertz CT molecular complexity index is 655. The first-order valence-corrected chi connectivity index (χ1v) is 7.68. The van der Waals surface area contributed by atoms with Crippen molar-refractivity contribution in [3.8, 4) is 5.75 Å². The summed E-state index contributed by atoms with van der Waals surface area (Å²) >= 11 is 3.45. The molecule has 102 valence electrons. The molecule has 0 fully saturated rings. The van der Waals surface area contributed by atoms with E-state index >= 15 is 0 Å². The van der Waals surface area contributed by atoms with E-state index in [2.05, 4.69) is 40.2 Å². The third-order valence-electron chi connectivity index (χ3n) is 4.37. The van der Waals surface area contributed by atoms with E-state index in [1.54, 1.807) is 0 Å². The third kappa shape index (κ3) is 1.88. The normalized spacial score (nSPS) is 22.2. The van der Waals surface area contributed by atoms with Gasteiger partial charge in [-0.3, -0.25) is 0 Å². The molecule has 0 aromatic heterocycles. The Morgan fingerprint density at radius 1 is 1.10 bits per heavy atom. The highest BCUT2D eigenvalue weighted by atomic mass is 79.9. The number of halogens is 1. The number of benzene rings is 2. The van der Waals surface area contributed by atoms with Crippen molar-refractivity contribution in [3.63, 3.8) is 0 Å². The average Bonchev–Trinajstić information content (AvgIpc) is 2.77. The molecule has 1 N–H and O–H groups in total. The van der Waals surface area contributed by atoms with Gasteiger partial charge in [-0.25, -0.2) is 0 Å².